The molecule has 2 aromatic rings. The molecule has 0 saturated carbocycles. The van der Waals surface area contributed by atoms with Gasteiger partial charge in [0.1, 0.15) is 17.2 Å². The van der Waals surface area contributed by atoms with E-state index in [0.29, 0.717) is 0 Å². The van der Waals surface area contributed by atoms with Gasteiger partial charge in [0, 0.05) is 17.2 Å². The van der Waals surface area contributed by atoms with Crippen molar-refractivity contribution >= 4 is 18.0 Å². The maximum absolute atomic E-state index is 13.7. The molecule has 180 valence electrons. The maximum Gasteiger partial charge on any atom is 0.408 e. The number of halogens is 2. The first-order valence-corrected chi connectivity index (χ1v) is 9.97. The van der Waals surface area contributed by atoms with Gasteiger partial charge >= 0.3 is 18.0 Å². The molecule has 0 aliphatic heterocycles. The lowest BCUT2D eigenvalue weighted by molar-refractivity contribution is -0.138. The summed E-state index contributed by atoms with van der Waals surface area (Å²) in [6.07, 6.45) is -1.48. The molecule has 0 fully saturated rings. The lowest BCUT2D eigenvalue weighted by atomic mass is 10.0. The normalized spacial score (nSPS) is 12.5. The van der Waals surface area contributed by atoms with E-state index < -0.39 is 53.8 Å². The quantitative estimate of drug-likeness (QED) is 0.480. The van der Waals surface area contributed by atoms with Crippen LogP contribution in [0.15, 0.2) is 48.5 Å². The van der Waals surface area contributed by atoms with Crippen LogP contribution in [0.4, 0.5) is 13.6 Å². The lowest BCUT2D eigenvalue weighted by Gasteiger charge is -2.23. The Bertz CT molecular complexity index is 962. The Morgan fingerprint density at radius 3 is 1.79 bits per heavy atom. The fraction of sp³-hybridized carbons (Fsp3) is 0.348. The number of nitrogens with one attached hydrogen (secondary N) is 1. The second-order valence-electron chi connectivity index (χ2n) is 8.04. The standard InChI is InChI=1S/C14H18FNO4.C9H10FNO2/c1-14(2,3)20-13(19)16-11(8-12(17)18)9-6-4-5-7-10(9)15;10-7-4-2-1-3-6(7)8(11)5-9(12)13/h4-7,11H,8H2,1-3H3,(H,16,19)(H,17,18);1-4,8H,5,11H2,(H,12,13)/t11-;8-/m11/s1. The number of carbonyl (C=O) groups excluding carboxylic acids is 1. The Morgan fingerprint density at radius 1 is 0.909 bits per heavy atom. The van der Waals surface area contributed by atoms with E-state index in [-0.39, 0.29) is 17.5 Å². The van der Waals surface area contributed by atoms with Gasteiger partial charge in [-0.05, 0) is 32.9 Å². The molecule has 33 heavy (non-hydrogen) atoms. The third kappa shape index (κ3) is 10.6. The zero-order valence-electron chi connectivity index (χ0n) is 18.5. The fourth-order valence-electron chi connectivity index (χ4n) is 2.69. The predicted molar refractivity (Wildman–Crippen MR) is 116 cm³/mol. The smallest absolute Gasteiger partial charge is 0.408 e. The molecule has 2 atom stereocenters. The summed E-state index contributed by atoms with van der Waals surface area (Å²) in [5.41, 5.74) is 5.11. The van der Waals surface area contributed by atoms with E-state index in [9.17, 15) is 23.2 Å². The van der Waals surface area contributed by atoms with Gasteiger partial charge in [-0.3, -0.25) is 9.59 Å². The van der Waals surface area contributed by atoms with Crippen LogP contribution in [0.5, 0.6) is 0 Å². The van der Waals surface area contributed by atoms with Gasteiger partial charge in [0.2, 0.25) is 0 Å². The zero-order valence-corrected chi connectivity index (χ0v) is 18.5. The molecule has 0 bridgehead atoms. The number of carboxylic acids is 2. The summed E-state index contributed by atoms with van der Waals surface area (Å²) < 4.78 is 31.8. The third-order valence-electron chi connectivity index (χ3n) is 4.05. The van der Waals surface area contributed by atoms with Crippen molar-refractivity contribution in [3.8, 4) is 0 Å². The Balaban J connectivity index is 0.000000361. The minimum absolute atomic E-state index is 0.112. The van der Waals surface area contributed by atoms with E-state index in [2.05, 4.69) is 5.32 Å². The van der Waals surface area contributed by atoms with Crippen LogP contribution in [0.2, 0.25) is 0 Å². The molecule has 0 spiro atoms. The molecule has 0 radical (unpaired) electrons. The van der Waals surface area contributed by atoms with Crippen molar-refractivity contribution in [2.75, 3.05) is 0 Å². The number of benzene rings is 2. The summed E-state index contributed by atoms with van der Waals surface area (Å²) >= 11 is 0. The zero-order chi connectivity index (χ0) is 25.2. The molecule has 8 nitrogen and oxygen atoms in total. The second kappa shape index (κ2) is 12.5. The second-order valence-corrected chi connectivity index (χ2v) is 8.04. The van der Waals surface area contributed by atoms with Gasteiger partial charge in [0.15, 0.2) is 0 Å². The van der Waals surface area contributed by atoms with Gasteiger partial charge in [-0.1, -0.05) is 36.4 Å². The highest BCUT2D eigenvalue weighted by Crippen LogP contribution is 2.21. The first kappa shape index (κ1) is 27.5. The fourth-order valence-corrected chi connectivity index (χ4v) is 2.69. The number of carbonyl (C=O) groups is 3. The number of aliphatic carboxylic acids is 2. The molecule has 0 aliphatic rings. The predicted octanol–water partition coefficient (Wildman–Crippen LogP) is 4.17. The Morgan fingerprint density at radius 2 is 1.36 bits per heavy atom. The highest BCUT2D eigenvalue weighted by molar-refractivity contribution is 5.72. The number of hydrogen-bond donors (Lipinski definition) is 4. The summed E-state index contributed by atoms with van der Waals surface area (Å²) in [5, 5.41) is 19.7. The van der Waals surface area contributed by atoms with E-state index in [1.54, 1.807) is 32.9 Å². The molecule has 0 unspecified atom stereocenters. The van der Waals surface area contributed by atoms with Crippen LogP contribution in [-0.4, -0.2) is 33.8 Å². The summed E-state index contributed by atoms with van der Waals surface area (Å²) in [6.45, 7) is 5.05. The van der Waals surface area contributed by atoms with Crippen molar-refractivity contribution in [1.29, 1.82) is 0 Å². The number of carboxylic acid groups (broad SMARTS) is 2. The van der Waals surface area contributed by atoms with E-state index >= 15 is 0 Å². The molecular weight excluding hydrogens is 438 g/mol. The van der Waals surface area contributed by atoms with Crippen LogP contribution in [0.3, 0.4) is 0 Å². The molecule has 5 N–H and O–H groups in total. The summed E-state index contributed by atoms with van der Waals surface area (Å²) in [7, 11) is 0. The highest BCUT2D eigenvalue weighted by atomic mass is 19.1. The van der Waals surface area contributed by atoms with E-state index in [1.807, 2.05) is 0 Å². The van der Waals surface area contributed by atoms with Crippen molar-refractivity contribution in [2.24, 2.45) is 5.73 Å². The average Bonchev–Trinajstić information content (AvgIpc) is 2.66. The third-order valence-corrected chi connectivity index (χ3v) is 4.05. The number of rotatable bonds is 7. The number of ether oxygens (including phenoxy) is 1. The Labute approximate surface area is 190 Å². The largest absolute Gasteiger partial charge is 0.481 e. The van der Waals surface area contributed by atoms with Gasteiger partial charge in [0.25, 0.3) is 0 Å². The number of amides is 1. The van der Waals surface area contributed by atoms with Crippen molar-refractivity contribution in [1.82, 2.24) is 5.32 Å². The van der Waals surface area contributed by atoms with Crippen molar-refractivity contribution < 1.29 is 38.1 Å². The first-order chi connectivity index (χ1) is 15.3. The molecule has 0 aliphatic carbocycles. The molecule has 0 heterocycles. The van der Waals surface area contributed by atoms with Gasteiger partial charge in [-0.2, -0.15) is 0 Å². The van der Waals surface area contributed by atoms with E-state index in [1.165, 1.54) is 36.4 Å². The summed E-state index contributed by atoms with van der Waals surface area (Å²) in [4.78, 5) is 32.8. The Kier molecular flexibility index (Phi) is 10.4. The van der Waals surface area contributed by atoms with Gasteiger partial charge in [0.05, 0.1) is 18.9 Å². The van der Waals surface area contributed by atoms with Crippen LogP contribution in [0, 0.1) is 11.6 Å². The lowest BCUT2D eigenvalue weighted by Crippen LogP contribution is -2.36. The van der Waals surface area contributed by atoms with Crippen LogP contribution in [-0.2, 0) is 14.3 Å². The topological polar surface area (TPSA) is 139 Å². The summed E-state index contributed by atoms with van der Waals surface area (Å²) in [5.74, 6) is -3.21. The van der Waals surface area contributed by atoms with Crippen LogP contribution >= 0.6 is 0 Å². The highest BCUT2D eigenvalue weighted by Gasteiger charge is 2.24. The SMILES string of the molecule is CC(C)(C)OC(=O)N[C@H](CC(=O)O)c1ccccc1F.N[C@H](CC(=O)O)c1ccccc1F. The minimum Gasteiger partial charge on any atom is -0.481 e. The van der Waals surface area contributed by atoms with Gasteiger partial charge in [-0.15, -0.1) is 0 Å². The van der Waals surface area contributed by atoms with Crippen molar-refractivity contribution in [3.63, 3.8) is 0 Å². The molecule has 0 aromatic heterocycles. The molecule has 2 aromatic carbocycles. The summed E-state index contributed by atoms with van der Waals surface area (Å²) in [6, 6.07) is 9.85. The number of hydrogen-bond acceptors (Lipinski definition) is 5. The average molecular weight is 466 g/mol. The van der Waals surface area contributed by atoms with E-state index in [0.717, 1.165) is 0 Å². The van der Waals surface area contributed by atoms with Crippen LogP contribution < -0.4 is 11.1 Å². The molecule has 1 amide bonds. The number of alkyl carbamates (subject to hydrolysis) is 1. The van der Waals surface area contributed by atoms with Gasteiger partial charge in [-0.25, -0.2) is 13.6 Å². The van der Waals surface area contributed by atoms with Crippen LogP contribution in [0.1, 0.15) is 56.8 Å². The number of nitrogens with two attached hydrogens (primary N) is 1. The molecule has 0 saturated heterocycles. The van der Waals surface area contributed by atoms with E-state index in [4.69, 9.17) is 20.7 Å². The first-order valence-electron chi connectivity index (χ1n) is 9.97. The van der Waals surface area contributed by atoms with Crippen molar-refractivity contribution in [3.05, 3.63) is 71.3 Å². The minimum atomic E-state index is -1.14. The monoisotopic (exact) mass is 466 g/mol. The van der Waals surface area contributed by atoms with Crippen molar-refractivity contribution in [2.45, 2.75) is 51.3 Å². The maximum atomic E-state index is 13.7. The van der Waals surface area contributed by atoms with Crippen LogP contribution in [0.25, 0.3) is 0 Å². The molecular formula is C23H28F2N2O6. The van der Waals surface area contributed by atoms with Gasteiger partial charge < -0.3 is 26.0 Å². The molecule has 10 heteroatoms. The molecule has 2 rings (SSSR count). The Hall–Kier alpha value is -3.53.